The third kappa shape index (κ3) is 4.46. The third-order valence-corrected chi connectivity index (χ3v) is 3.87. The van der Waals surface area contributed by atoms with E-state index in [-0.39, 0.29) is 5.82 Å². The quantitative estimate of drug-likeness (QED) is 0.777. The zero-order chi connectivity index (χ0) is 14.2. The number of rotatable bonds is 7. The van der Waals surface area contributed by atoms with Crippen LogP contribution in [0.4, 0.5) is 4.39 Å². The lowest BCUT2D eigenvalue weighted by Gasteiger charge is -2.26. The molecule has 1 saturated heterocycles. The van der Waals surface area contributed by atoms with Gasteiger partial charge in [0.2, 0.25) is 0 Å². The molecule has 0 saturated carbocycles. The van der Waals surface area contributed by atoms with Gasteiger partial charge < -0.3 is 15.0 Å². The van der Waals surface area contributed by atoms with Gasteiger partial charge in [-0.3, -0.25) is 0 Å². The summed E-state index contributed by atoms with van der Waals surface area (Å²) in [5, 5.41) is 3.31. The van der Waals surface area contributed by atoms with Gasteiger partial charge in [0.1, 0.15) is 11.6 Å². The molecule has 1 heterocycles. The van der Waals surface area contributed by atoms with Gasteiger partial charge in [0.25, 0.3) is 0 Å². The molecule has 1 aliphatic rings. The predicted octanol–water partition coefficient (Wildman–Crippen LogP) is 2.80. The van der Waals surface area contributed by atoms with Gasteiger partial charge in [0.05, 0.1) is 7.11 Å². The zero-order valence-corrected chi connectivity index (χ0v) is 12.3. The van der Waals surface area contributed by atoms with E-state index < -0.39 is 0 Å². The van der Waals surface area contributed by atoms with Crippen molar-refractivity contribution in [3.05, 3.63) is 29.6 Å². The van der Waals surface area contributed by atoms with Crippen LogP contribution < -0.4 is 10.1 Å². The van der Waals surface area contributed by atoms with E-state index in [1.807, 2.05) is 0 Å². The Hall–Kier alpha value is -1.13. The van der Waals surface area contributed by atoms with Gasteiger partial charge in [-0.15, -0.1) is 0 Å². The molecular weight excluding hydrogens is 255 g/mol. The summed E-state index contributed by atoms with van der Waals surface area (Å²) in [5.74, 6) is 0.418. The number of benzene rings is 1. The Bertz CT molecular complexity index is 405. The maximum Gasteiger partial charge on any atom is 0.131 e. The molecule has 0 atom stereocenters. The Balaban J connectivity index is 1.68. The Labute approximate surface area is 121 Å². The highest BCUT2D eigenvalue weighted by Crippen LogP contribution is 2.20. The Kier molecular flexibility index (Phi) is 6.27. The van der Waals surface area contributed by atoms with Crippen LogP contribution in [0.5, 0.6) is 5.75 Å². The minimum Gasteiger partial charge on any atom is -0.496 e. The molecule has 1 aliphatic heterocycles. The predicted molar refractivity (Wildman–Crippen MR) is 79.6 cm³/mol. The van der Waals surface area contributed by atoms with Crippen LogP contribution >= 0.6 is 0 Å². The first-order valence-corrected chi connectivity index (χ1v) is 7.55. The minimum atomic E-state index is -0.201. The van der Waals surface area contributed by atoms with Crippen molar-refractivity contribution in [2.45, 2.75) is 32.2 Å². The van der Waals surface area contributed by atoms with Crippen LogP contribution in [-0.4, -0.2) is 38.2 Å². The van der Waals surface area contributed by atoms with Gasteiger partial charge in [0, 0.05) is 12.1 Å². The van der Waals surface area contributed by atoms with E-state index in [2.05, 4.69) is 10.2 Å². The zero-order valence-electron chi connectivity index (χ0n) is 12.3. The summed E-state index contributed by atoms with van der Waals surface area (Å²) < 4.78 is 18.9. The average Bonchev–Trinajstić information content (AvgIpc) is 2.49. The molecule has 1 N–H and O–H groups in total. The first-order valence-electron chi connectivity index (χ1n) is 7.55. The summed E-state index contributed by atoms with van der Waals surface area (Å²) >= 11 is 0. The van der Waals surface area contributed by atoms with E-state index in [0.717, 1.165) is 19.5 Å². The molecule has 2 rings (SSSR count). The van der Waals surface area contributed by atoms with E-state index in [4.69, 9.17) is 4.74 Å². The molecule has 0 aromatic heterocycles. The summed E-state index contributed by atoms with van der Waals surface area (Å²) in [4.78, 5) is 2.52. The summed E-state index contributed by atoms with van der Waals surface area (Å²) in [5.41, 5.74) is 0.618. The van der Waals surface area contributed by atoms with Crippen LogP contribution in [0, 0.1) is 5.82 Å². The highest BCUT2D eigenvalue weighted by Gasteiger charge is 2.10. The summed E-state index contributed by atoms with van der Waals surface area (Å²) in [6.45, 7) is 5.05. The van der Waals surface area contributed by atoms with Crippen molar-refractivity contribution in [3.8, 4) is 5.75 Å². The molecule has 0 spiro atoms. The lowest BCUT2D eigenvalue weighted by molar-refractivity contribution is 0.225. The third-order valence-electron chi connectivity index (χ3n) is 3.87. The average molecular weight is 280 g/mol. The fraction of sp³-hybridized carbons (Fsp3) is 0.625. The molecular formula is C16H25FN2O. The fourth-order valence-electron chi connectivity index (χ4n) is 2.73. The van der Waals surface area contributed by atoms with E-state index in [0.29, 0.717) is 17.9 Å². The largest absolute Gasteiger partial charge is 0.496 e. The molecule has 1 fully saturated rings. The van der Waals surface area contributed by atoms with Gasteiger partial charge in [-0.1, -0.05) is 12.5 Å². The second-order valence-corrected chi connectivity index (χ2v) is 5.35. The topological polar surface area (TPSA) is 24.5 Å². The molecule has 0 aliphatic carbocycles. The maximum atomic E-state index is 13.7. The number of piperidine rings is 1. The van der Waals surface area contributed by atoms with Gasteiger partial charge in [-0.2, -0.15) is 0 Å². The number of nitrogens with one attached hydrogen (secondary N) is 1. The van der Waals surface area contributed by atoms with Crippen LogP contribution in [0.2, 0.25) is 0 Å². The van der Waals surface area contributed by atoms with E-state index in [9.17, 15) is 4.39 Å². The molecule has 112 valence electrons. The molecule has 0 amide bonds. The van der Waals surface area contributed by atoms with Crippen molar-refractivity contribution in [3.63, 3.8) is 0 Å². The Morgan fingerprint density at radius 3 is 2.80 bits per heavy atom. The SMILES string of the molecule is COc1cccc(F)c1CNCCCN1CCCCC1. The van der Waals surface area contributed by atoms with Crippen LogP contribution in [0.15, 0.2) is 18.2 Å². The van der Waals surface area contributed by atoms with Gasteiger partial charge in [-0.05, 0) is 57.6 Å². The van der Waals surface area contributed by atoms with Gasteiger partial charge >= 0.3 is 0 Å². The molecule has 1 aromatic rings. The summed E-state index contributed by atoms with van der Waals surface area (Å²) in [7, 11) is 1.58. The number of likely N-dealkylation sites (tertiary alicyclic amines) is 1. The lowest BCUT2D eigenvalue weighted by atomic mass is 10.1. The van der Waals surface area contributed by atoms with Crippen molar-refractivity contribution >= 4 is 0 Å². The van der Waals surface area contributed by atoms with Crippen molar-refractivity contribution in [2.24, 2.45) is 0 Å². The molecule has 0 unspecified atom stereocenters. The fourth-order valence-corrected chi connectivity index (χ4v) is 2.73. The molecule has 0 radical (unpaired) electrons. The van der Waals surface area contributed by atoms with Crippen molar-refractivity contribution < 1.29 is 9.13 Å². The van der Waals surface area contributed by atoms with E-state index in [1.165, 1.54) is 38.4 Å². The van der Waals surface area contributed by atoms with Crippen molar-refractivity contribution in [2.75, 3.05) is 33.3 Å². The van der Waals surface area contributed by atoms with Crippen LogP contribution in [-0.2, 0) is 6.54 Å². The van der Waals surface area contributed by atoms with Crippen molar-refractivity contribution in [1.82, 2.24) is 10.2 Å². The van der Waals surface area contributed by atoms with Crippen LogP contribution in [0.25, 0.3) is 0 Å². The molecule has 1 aromatic carbocycles. The maximum absolute atomic E-state index is 13.7. The number of hydrogen-bond donors (Lipinski definition) is 1. The monoisotopic (exact) mass is 280 g/mol. The van der Waals surface area contributed by atoms with Crippen LogP contribution in [0.1, 0.15) is 31.2 Å². The molecule has 4 heteroatoms. The normalized spacial score (nSPS) is 16.3. The molecule has 20 heavy (non-hydrogen) atoms. The number of ether oxygens (including phenoxy) is 1. The number of methoxy groups -OCH3 is 1. The standard InChI is InChI=1S/C16H25FN2O/c1-20-16-8-5-7-15(17)14(16)13-18-9-6-12-19-10-3-2-4-11-19/h5,7-8,18H,2-4,6,9-13H2,1H3. The first-order chi connectivity index (χ1) is 9.81. The number of nitrogens with zero attached hydrogens (tertiary/aromatic N) is 1. The number of halogens is 1. The van der Waals surface area contributed by atoms with Crippen LogP contribution in [0.3, 0.4) is 0 Å². The van der Waals surface area contributed by atoms with Gasteiger partial charge in [-0.25, -0.2) is 4.39 Å². The van der Waals surface area contributed by atoms with Crippen molar-refractivity contribution in [1.29, 1.82) is 0 Å². The van der Waals surface area contributed by atoms with E-state index >= 15 is 0 Å². The smallest absolute Gasteiger partial charge is 0.131 e. The van der Waals surface area contributed by atoms with Gasteiger partial charge in [0.15, 0.2) is 0 Å². The second-order valence-electron chi connectivity index (χ2n) is 5.35. The highest BCUT2D eigenvalue weighted by molar-refractivity contribution is 5.34. The molecule has 3 nitrogen and oxygen atoms in total. The molecule has 0 bridgehead atoms. The number of hydrogen-bond acceptors (Lipinski definition) is 3. The summed E-state index contributed by atoms with van der Waals surface area (Å²) in [6.07, 6.45) is 5.15. The lowest BCUT2D eigenvalue weighted by Crippen LogP contribution is -2.32. The minimum absolute atomic E-state index is 0.201. The Morgan fingerprint density at radius 2 is 2.05 bits per heavy atom. The van der Waals surface area contributed by atoms with E-state index in [1.54, 1.807) is 19.2 Å². The summed E-state index contributed by atoms with van der Waals surface area (Å²) in [6, 6.07) is 4.95. The second kappa shape index (κ2) is 8.22. The Morgan fingerprint density at radius 1 is 1.25 bits per heavy atom. The first kappa shape index (κ1) is 15.3. The highest BCUT2D eigenvalue weighted by atomic mass is 19.1.